The average molecular weight is 499 g/mol. The molecule has 0 amide bonds. The molecule has 0 bridgehead atoms. The molecule has 1 unspecified atom stereocenters. The number of alkyl halides is 3. The van der Waals surface area contributed by atoms with Gasteiger partial charge in [-0.25, -0.2) is 4.39 Å². The van der Waals surface area contributed by atoms with E-state index in [1.165, 1.54) is 49.8 Å². The molecule has 2 aliphatic rings. The summed E-state index contributed by atoms with van der Waals surface area (Å²) in [5.74, 6) is 2.43. The maximum absolute atomic E-state index is 14.8. The third-order valence-corrected chi connectivity index (χ3v) is 8.54. The van der Waals surface area contributed by atoms with Crippen LogP contribution in [0.3, 0.4) is 0 Å². The molecular formula is C32H41F3O. The van der Waals surface area contributed by atoms with Crippen LogP contribution in [0.15, 0.2) is 60.7 Å². The zero-order valence-corrected chi connectivity index (χ0v) is 21.8. The van der Waals surface area contributed by atoms with E-state index in [0.29, 0.717) is 23.3 Å². The second kappa shape index (κ2) is 12.4. The first-order chi connectivity index (χ1) is 17.4. The summed E-state index contributed by atoms with van der Waals surface area (Å²) in [7, 11) is 0. The van der Waals surface area contributed by atoms with Crippen molar-refractivity contribution in [2.75, 3.05) is 0 Å². The number of hydrogen-bond acceptors (Lipinski definition) is 1. The minimum atomic E-state index is -3.88. The maximum atomic E-state index is 14.8. The lowest BCUT2D eigenvalue weighted by atomic mass is 9.78. The number of ether oxygens (including phenoxy) is 1. The molecule has 1 nitrogen and oxygen atoms in total. The summed E-state index contributed by atoms with van der Waals surface area (Å²) >= 11 is 0. The van der Waals surface area contributed by atoms with Gasteiger partial charge in [0, 0.05) is 0 Å². The molecule has 4 heteroatoms. The highest BCUT2D eigenvalue weighted by atomic mass is 19.3. The Kier molecular flexibility index (Phi) is 9.33. The first kappa shape index (κ1) is 27.0. The highest BCUT2D eigenvalue weighted by Crippen LogP contribution is 2.40. The van der Waals surface area contributed by atoms with E-state index in [2.05, 4.69) is 26.0 Å². The van der Waals surface area contributed by atoms with E-state index in [-0.39, 0.29) is 12.2 Å². The van der Waals surface area contributed by atoms with Crippen LogP contribution >= 0.6 is 0 Å². The molecule has 1 atom stereocenters. The van der Waals surface area contributed by atoms with Gasteiger partial charge in [0.25, 0.3) is 0 Å². The quantitative estimate of drug-likeness (QED) is 0.313. The SMILES string of the molecule is CC=CC1CCC(c2ccc(COC(F)(F)C(F)c3ccc(C4CCC(CC)CC4)cc3)cc2)CC1. The molecule has 0 aliphatic heterocycles. The largest absolute Gasteiger partial charge is 0.391 e. The molecule has 2 aromatic rings. The van der Waals surface area contributed by atoms with Gasteiger partial charge in [0.15, 0.2) is 0 Å². The Morgan fingerprint density at radius 2 is 1.36 bits per heavy atom. The van der Waals surface area contributed by atoms with Gasteiger partial charge >= 0.3 is 6.11 Å². The van der Waals surface area contributed by atoms with Crippen molar-refractivity contribution in [2.45, 2.75) is 102 Å². The summed E-state index contributed by atoms with van der Waals surface area (Å²) in [5.41, 5.74) is 2.97. The second-order valence-electron chi connectivity index (χ2n) is 10.9. The number of halogens is 3. The Morgan fingerprint density at radius 3 is 1.89 bits per heavy atom. The Labute approximate surface area is 215 Å². The average Bonchev–Trinajstić information content (AvgIpc) is 2.93. The monoisotopic (exact) mass is 498 g/mol. The lowest BCUT2D eigenvalue weighted by Gasteiger charge is -2.28. The summed E-state index contributed by atoms with van der Waals surface area (Å²) in [6.07, 6.45) is 8.57. The van der Waals surface area contributed by atoms with Crippen LogP contribution < -0.4 is 0 Å². The predicted molar refractivity (Wildman–Crippen MR) is 141 cm³/mol. The Balaban J connectivity index is 1.28. The third kappa shape index (κ3) is 6.82. The van der Waals surface area contributed by atoms with Crippen molar-refractivity contribution in [1.82, 2.24) is 0 Å². The van der Waals surface area contributed by atoms with E-state index in [0.717, 1.165) is 37.2 Å². The van der Waals surface area contributed by atoms with Crippen LogP contribution in [0, 0.1) is 11.8 Å². The van der Waals surface area contributed by atoms with Gasteiger partial charge in [-0.2, -0.15) is 8.78 Å². The Morgan fingerprint density at radius 1 is 0.833 bits per heavy atom. The Bertz CT molecular complexity index is 950. The number of allylic oxidation sites excluding steroid dienone is 2. The van der Waals surface area contributed by atoms with Gasteiger partial charge in [-0.1, -0.05) is 74.0 Å². The molecule has 2 fully saturated rings. The molecule has 0 heterocycles. The fourth-order valence-corrected chi connectivity index (χ4v) is 6.09. The van der Waals surface area contributed by atoms with E-state index >= 15 is 0 Å². The summed E-state index contributed by atoms with van der Waals surface area (Å²) in [6, 6.07) is 14.3. The van der Waals surface area contributed by atoms with Gasteiger partial charge in [-0.15, -0.1) is 0 Å². The van der Waals surface area contributed by atoms with Crippen LogP contribution in [-0.4, -0.2) is 6.11 Å². The molecule has 0 N–H and O–H groups in total. The minimum absolute atomic E-state index is 0.0325. The zero-order valence-electron chi connectivity index (χ0n) is 21.8. The molecule has 2 aromatic carbocycles. The van der Waals surface area contributed by atoms with Crippen LogP contribution in [-0.2, 0) is 11.3 Å². The van der Waals surface area contributed by atoms with E-state index < -0.39 is 12.3 Å². The van der Waals surface area contributed by atoms with Gasteiger partial charge < -0.3 is 4.74 Å². The molecule has 0 radical (unpaired) electrons. The van der Waals surface area contributed by atoms with Crippen LogP contribution in [0.25, 0.3) is 0 Å². The van der Waals surface area contributed by atoms with Crippen molar-refractivity contribution in [1.29, 1.82) is 0 Å². The predicted octanol–water partition coefficient (Wildman–Crippen LogP) is 10.0. The molecule has 0 aromatic heterocycles. The summed E-state index contributed by atoms with van der Waals surface area (Å²) in [5, 5.41) is 0. The fraction of sp³-hybridized carbons (Fsp3) is 0.562. The molecule has 0 saturated heterocycles. The van der Waals surface area contributed by atoms with Gasteiger partial charge in [0.1, 0.15) is 0 Å². The van der Waals surface area contributed by atoms with Crippen molar-refractivity contribution < 1.29 is 17.9 Å². The van der Waals surface area contributed by atoms with Crippen LogP contribution in [0.5, 0.6) is 0 Å². The van der Waals surface area contributed by atoms with Crippen LogP contribution in [0.2, 0.25) is 0 Å². The highest BCUT2D eigenvalue weighted by Gasteiger charge is 2.43. The van der Waals surface area contributed by atoms with Crippen molar-refractivity contribution in [3.8, 4) is 0 Å². The smallest absolute Gasteiger partial charge is 0.313 e. The highest BCUT2D eigenvalue weighted by molar-refractivity contribution is 5.28. The summed E-state index contributed by atoms with van der Waals surface area (Å²) in [4.78, 5) is 0. The normalized spacial score (nSPS) is 26.2. The van der Waals surface area contributed by atoms with Crippen molar-refractivity contribution in [3.63, 3.8) is 0 Å². The maximum Gasteiger partial charge on any atom is 0.391 e. The van der Waals surface area contributed by atoms with Gasteiger partial charge in [-0.05, 0) is 104 Å². The van der Waals surface area contributed by atoms with Crippen LogP contribution in [0.4, 0.5) is 13.2 Å². The third-order valence-electron chi connectivity index (χ3n) is 8.54. The lowest BCUT2D eigenvalue weighted by Crippen LogP contribution is -2.27. The van der Waals surface area contributed by atoms with Gasteiger partial charge in [0.2, 0.25) is 6.17 Å². The first-order valence-electron chi connectivity index (χ1n) is 13.9. The standard InChI is InChI=1S/C32H41F3O/c1-3-5-24-8-14-27(15-9-24)28-16-10-25(11-17-28)22-36-32(34,35)31(33)30-20-18-29(19-21-30)26-12-6-23(4-2)7-13-26/h3,5,10-11,16-21,23-24,26-27,31H,4,6-9,12-15,22H2,1-2H3. The Hall–Kier alpha value is -2.07. The van der Waals surface area contributed by atoms with E-state index in [9.17, 15) is 13.2 Å². The number of rotatable bonds is 9. The van der Waals surface area contributed by atoms with Crippen LogP contribution in [0.1, 0.15) is 112 Å². The molecule has 36 heavy (non-hydrogen) atoms. The van der Waals surface area contributed by atoms with Gasteiger partial charge in [-0.3, -0.25) is 0 Å². The molecule has 196 valence electrons. The first-order valence-corrected chi connectivity index (χ1v) is 13.9. The van der Waals surface area contributed by atoms with Gasteiger partial charge in [0.05, 0.1) is 6.61 Å². The minimum Gasteiger partial charge on any atom is -0.313 e. The van der Waals surface area contributed by atoms with Crippen molar-refractivity contribution >= 4 is 0 Å². The molecule has 4 rings (SSSR count). The topological polar surface area (TPSA) is 9.23 Å². The summed E-state index contributed by atoms with van der Waals surface area (Å²) < 4.78 is 48.8. The lowest BCUT2D eigenvalue weighted by molar-refractivity contribution is -0.282. The molecule has 2 saturated carbocycles. The van der Waals surface area contributed by atoms with Crippen molar-refractivity contribution in [3.05, 3.63) is 82.9 Å². The van der Waals surface area contributed by atoms with E-state index in [1.54, 1.807) is 0 Å². The van der Waals surface area contributed by atoms with E-state index in [4.69, 9.17) is 4.74 Å². The fourth-order valence-electron chi connectivity index (χ4n) is 6.09. The molecular weight excluding hydrogens is 457 g/mol. The number of benzene rings is 2. The number of hydrogen-bond donors (Lipinski definition) is 0. The van der Waals surface area contributed by atoms with Crippen molar-refractivity contribution in [2.24, 2.45) is 11.8 Å². The zero-order chi connectivity index (χ0) is 25.5. The molecule has 0 spiro atoms. The molecule has 2 aliphatic carbocycles. The summed E-state index contributed by atoms with van der Waals surface area (Å²) in [6.45, 7) is 3.98. The van der Waals surface area contributed by atoms with E-state index in [1.807, 2.05) is 36.4 Å². The second-order valence-corrected chi connectivity index (χ2v) is 10.9.